The number of hydrogen-bond donors (Lipinski definition) is 1. The Bertz CT molecular complexity index is 481. The number of halogens is 1. The molecule has 104 valence electrons. The first-order chi connectivity index (χ1) is 8.99. The van der Waals surface area contributed by atoms with Crippen LogP contribution in [0.1, 0.15) is 18.9 Å². The molecule has 0 aliphatic carbocycles. The molecule has 1 N–H and O–H groups in total. The van der Waals surface area contributed by atoms with E-state index < -0.39 is 16.4 Å². The van der Waals surface area contributed by atoms with Gasteiger partial charge in [0.1, 0.15) is 0 Å². The Morgan fingerprint density at radius 1 is 1.58 bits per heavy atom. The molecule has 6 heteroatoms. The van der Waals surface area contributed by atoms with E-state index in [4.69, 9.17) is 0 Å². The fourth-order valence-corrected chi connectivity index (χ4v) is 2.43. The van der Waals surface area contributed by atoms with Gasteiger partial charge in [-0.2, -0.15) is 4.39 Å². The summed E-state index contributed by atoms with van der Waals surface area (Å²) >= 11 is 0. The minimum absolute atomic E-state index is 0.135. The number of nitrogens with zero attached hydrogens (tertiary/aromatic N) is 2. The van der Waals surface area contributed by atoms with Crippen molar-refractivity contribution in [1.29, 1.82) is 0 Å². The van der Waals surface area contributed by atoms with Crippen LogP contribution in [0.15, 0.2) is 18.2 Å². The van der Waals surface area contributed by atoms with Crippen molar-refractivity contribution >= 4 is 5.69 Å². The van der Waals surface area contributed by atoms with Crippen molar-refractivity contribution in [3.63, 3.8) is 0 Å². The lowest BCUT2D eigenvalue weighted by molar-refractivity contribution is -0.387. The number of hydrogen-bond acceptors (Lipinski definition) is 4. The topological polar surface area (TPSA) is 66.6 Å². The molecule has 5 nitrogen and oxygen atoms in total. The molecule has 1 aromatic carbocycles. The summed E-state index contributed by atoms with van der Waals surface area (Å²) in [4.78, 5) is 12.0. The lowest BCUT2D eigenvalue weighted by atomic mass is 9.96. The molecule has 2 unspecified atom stereocenters. The highest BCUT2D eigenvalue weighted by Crippen LogP contribution is 2.24. The van der Waals surface area contributed by atoms with Gasteiger partial charge in [-0.1, -0.05) is 19.1 Å². The van der Waals surface area contributed by atoms with Crippen LogP contribution in [0, 0.1) is 21.8 Å². The van der Waals surface area contributed by atoms with Crippen molar-refractivity contribution in [2.45, 2.75) is 26.0 Å². The molecule has 1 aliphatic rings. The third-order valence-corrected chi connectivity index (χ3v) is 3.59. The van der Waals surface area contributed by atoms with Gasteiger partial charge in [0.15, 0.2) is 0 Å². The van der Waals surface area contributed by atoms with E-state index in [1.165, 1.54) is 12.1 Å². The zero-order chi connectivity index (χ0) is 14.0. The predicted octanol–water partition coefficient (Wildman–Crippen LogP) is 1.94. The van der Waals surface area contributed by atoms with Gasteiger partial charge in [-0.3, -0.25) is 15.0 Å². The smallest absolute Gasteiger partial charge is 0.305 e. The maximum absolute atomic E-state index is 13.9. The lowest BCUT2D eigenvalue weighted by Gasteiger charge is -2.34. The molecule has 2 rings (SSSR count). The van der Waals surface area contributed by atoms with E-state index in [0.717, 1.165) is 0 Å². The van der Waals surface area contributed by atoms with Gasteiger partial charge in [0.25, 0.3) is 0 Å². The Morgan fingerprint density at radius 3 is 2.95 bits per heavy atom. The third-order valence-electron chi connectivity index (χ3n) is 3.59. The molecule has 0 radical (unpaired) electrons. The highest BCUT2D eigenvalue weighted by atomic mass is 19.1. The van der Waals surface area contributed by atoms with Gasteiger partial charge in [-0.25, -0.2) is 0 Å². The summed E-state index contributed by atoms with van der Waals surface area (Å²) in [5, 5.41) is 20.3. The molecule has 1 saturated heterocycles. The minimum atomic E-state index is -0.758. The Balaban J connectivity index is 2.11. The molecular weight excluding hydrogens is 251 g/mol. The second-order valence-electron chi connectivity index (χ2n) is 5.08. The van der Waals surface area contributed by atoms with E-state index in [1.807, 2.05) is 11.8 Å². The molecule has 1 aliphatic heterocycles. The fraction of sp³-hybridized carbons (Fsp3) is 0.538. The summed E-state index contributed by atoms with van der Waals surface area (Å²) in [5.74, 6) is -0.623. The molecule has 2 atom stereocenters. The fourth-order valence-electron chi connectivity index (χ4n) is 2.43. The van der Waals surface area contributed by atoms with Gasteiger partial charge in [0, 0.05) is 31.3 Å². The van der Waals surface area contributed by atoms with E-state index >= 15 is 0 Å². The van der Waals surface area contributed by atoms with Crippen LogP contribution < -0.4 is 0 Å². The number of likely N-dealkylation sites (tertiary alicyclic amines) is 1. The maximum Gasteiger partial charge on any atom is 0.305 e. The third kappa shape index (κ3) is 3.08. The molecule has 0 saturated carbocycles. The van der Waals surface area contributed by atoms with Gasteiger partial charge >= 0.3 is 5.69 Å². The van der Waals surface area contributed by atoms with Crippen molar-refractivity contribution in [2.75, 3.05) is 13.1 Å². The van der Waals surface area contributed by atoms with E-state index in [0.29, 0.717) is 31.6 Å². The van der Waals surface area contributed by atoms with Crippen molar-refractivity contribution in [2.24, 2.45) is 5.92 Å². The Morgan fingerprint density at radius 2 is 2.32 bits per heavy atom. The van der Waals surface area contributed by atoms with Crippen LogP contribution in [0.4, 0.5) is 10.1 Å². The summed E-state index contributed by atoms with van der Waals surface area (Å²) < 4.78 is 13.9. The zero-order valence-electron chi connectivity index (χ0n) is 10.8. The summed E-state index contributed by atoms with van der Waals surface area (Å²) in [6.07, 6.45) is 0.337. The number of rotatable bonds is 3. The van der Waals surface area contributed by atoms with Gasteiger partial charge in [-0.15, -0.1) is 0 Å². The number of piperidine rings is 1. The summed E-state index contributed by atoms with van der Waals surface area (Å²) in [6, 6.07) is 4.23. The number of benzene rings is 1. The normalized spacial score (nSPS) is 24.4. The monoisotopic (exact) mass is 268 g/mol. The molecule has 19 heavy (non-hydrogen) atoms. The minimum Gasteiger partial charge on any atom is -0.393 e. The van der Waals surface area contributed by atoms with E-state index in [1.54, 1.807) is 6.07 Å². The van der Waals surface area contributed by atoms with Gasteiger partial charge in [0.2, 0.25) is 5.82 Å². The SMILES string of the molecule is CC1CN(Cc2cccc([N+](=O)[O-])c2F)CCC1O. The molecule has 1 fully saturated rings. The molecule has 0 bridgehead atoms. The summed E-state index contributed by atoms with van der Waals surface area (Å²) in [5.41, 5.74) is -0.152. The standard InChI is InChI=1S/C13H17FN2O3/c1-9-7-15(6-5-12(9)17)8-10-3-2-4-11(13(10)14)16(18)19/h2-4,9,12,17H,5-8H2,1H3. The molecular formula is C13H17FN2O3. The average Bonchev–Trinajstić information content (AvgIpc) is 2.36. The predicted molar refractivity (Wildman–Crippen MR) is 68.1 cm³/mol. The number of nitro benzene ring substituents is 1. The van der Waals surface area contributed by atoms with Crippen molar-refractivity contribution in [3.05, 3.63) is 39.7 Å². The van der Waals surface area contributed by atoms with E-state index in [2.05, 4.69) is 0 Å². The van der Waals surface area contributed by atoms with Crippen LogP contribution in [-0.2, 0) is 6.54 Å². The molecule has 1 aromatic rings. The zero-order valence-corrected chi connectivity index (χ0v) is 10.8. The largest absolute Gasteiger partial charge is 0.393 e. The first kappa shape index (κ1) is 13.9. The van der Waals surface area contributed by atoms with Crippen LogP contribution >= 0.6 is 0 Å². The van der Waals surface area contributed by atoms with Gasteiger partial charge in [0.05, 0.1) is 11.0 Å². The van der Waals surface area contributed by atoms with Crippen molar-refractivity contribution < 1.29 is 14.4 Å². The summed E-state index contributed by atoms with van der Waals surface area (Å²) in [6.45, 7) is 3.63. The van der Waals surface area contributed by atoms with Crippen LogP contribution in [-0.4, -0.2) is 34.1 Å². The number of aliphatic hydroxyl groups is 1. The lowest BCUT2D eigenvalue weighted by Crippen LogP contribution is -2.41. The Kier molecular flexibility index (Phi) is 4.11. The van der Waals surface area contributed by atoms with Crippen LogP contribution in [0.3, 0.4) is 0 Å². The Labute approximate surface area is 110 Å². The summed E-state index contributed by atoms with van der Waals surface area (Å²) in [7, 11) is 0. The van der Waals surface area contributed by atoms with Gasteiger partial charge in [-0.05, 0) is 12.3 Å². The molecule has 0 amide bonds. The van der Waals surface area contributed by atoms with Crippen LogP contribution in [0.2, 0.25) is 0 Å². The van der Waals surface area contributed by atoms with Gasteiger partial charge < -0.3 is 5.11 Å². The number of aliphatic hydroxyl groups excluding tert-OH is 1. The van der Waals surface area contributed by atoms with E-state index in [-0.39, 0.29) is 12.0 Å². The van der Waals surface area contributed by atoms with Crippen LogP contribution in [0.25, 0.3) is 0 Å². The second kappa shape index (κ2) is 5.63. The first-order valence-electron chi connectivity index (χ1n) is 6.31. The number of nitro groups is 1. The molecule has 0 aromatic heterocycles. The van der Waals surface area contributed by atoms with E-state index in [9.17, 15) is 19.6 Å². The Hall–Kier alpha value is -1.53. The second-order valence-corrected chi connectivity index (χ2v) is 5.08. The highest BCUT2D eigenvalue weighted by Gasteiger charge is 2.26. The molecule has 0 spiro atoms. The molecule has 1 heterocycles. The van der Waals surface area contributed by atoms with Crippen LogP contribution in [0.5, 0.6) is 0 Å². The van der Waals surface area contributed by atoms with Crippen molar-refractivity contribution in [1.82, 2.24) is 4.90 Å². The highest BCUT2D eigenvalue weighted by molar-refractivity contribution is 5.36. The first-order valence-corrected chi connectivity index (χ1v) is 6.31. The maximum atomic E-state index is 13.9. The van der Waals surface area contributed by atoms with Crippen molar-refractivity contribution in [3.8, 4) is 0 Å². The quantitative estimate of drug-likeness (QED) is 0.672. The average molecular weight is 268 g/mol.